The Morgan fingerprint density at radius 3 is 2.00 bits per heavy atom. The minimum absolute atomic E-state index is 0.0851. The highest BCUT2D eigenvalue weighted by Gasteiger charge is 2.09. The van der Waals surface area contributed by atoms with E-state index < -0.39 is 10.1 Å². The highest BCUT2D eigenvalue weighted by molar-refractivity contribution is 7.85. The highest BCUT2D eigenvalue weighted by atomic mass is 32.2. The number of nitrogens with zero attached hydrogens (tertiary/aromatic N) is 1. The molecule has 0 bridgehead atoms. The van der Waals surface area contributed by atoms with Crippen LogP contribution in [0.25, 0.3) is 0 Å². The van der Waals surface area contributed by atoms with Gasteiger partial charge in [-0.1, -0.05) is 17.7 Å². The Morgan fingerprint density at radius 1 is 1.21 bits per heavy atom. The number of aryl methyl sites for hydroxylation is 3. The van der Waals surface area contributed by atoms with Crippen molar-refractivity contribution in [2.24, 2.45) is 0 Å². The third kappa shape index (κ3) is 4.38. The van der Waals surface area contributed by atoms with E-state index >= 15 is 0 Å². The summed E-state index contributed by atoms with van der Waals surface area (Å²) in [7, 11) is -4.33. The predicted octanol–water partition coefficient (Wildman–Crippen LogP) is 0.532. The summed E-state index contributed by atoms with van der Waals surface area (Å²) in [5, 5.41) is 0. The number of H-pyrrole nitrogens is 1. The van der Waals surface area contributed by atoms with Crippen LogP contribution in [0.1, 0.15) is 16.7 Å². The van der Waals surface area contributed by atoms with Crippen LogP contribution in [-0.4, -0.2) is 18.0 Å². The Kier molecular flexibility index (Phi) is 4.68. The normalized spacial score (nSPS) is 10.7. The van der Waals surface area contributed by atoms with Crippen LogP contribution >= 0.6 is 0 Å². The second-order valence-corrected chi connectivity index (χ2v) is 5.56. The summed E-state index contributed by atoms with van der Waals surface area (Å²) in [5.41, 5.74) is 2.00. The van der Waals surface area contributed by atoms with E-state index in [1.54, 1.807) is 44.7 Å². The molecule has 7 heteroatoms. The molecule has 2 rings (SSSR count). The van der Waals surface area contributed by atoms with Crippen molar-refractivity contribution >= 4 is 10.1 Å². The number of rotatable bonds is 1. The molecular weight excluding hydrogens is 266 g/mol. The lowest BCUT2D eigenvalue weighted by atomic mass is 10.1. The third-order valence-corrected chi connectivity index (χ3v) is 3.57. The van der Waals surface area contributed by atoms with Crippen LogP contribution in [0.5, 0.6) is 0 Å². The zero-order chi connectivity index (χ0) is 14.6. The minimum Gasteiger partial charge on any atom is -0.744 e. The van der Waals surface area contributed by atoms with Gasteiger partial charge in [0.05, 0.1) is 4.90 Å². The smallest absolute Gasteiger partial charge is 0.264 e. The maximum atomic E-state index is 10.8. The quantitative estimate of drug-likeness (QED) is 0.452. The molecule has 0 spiro atoms. The molecule has 0 atom stereocenters. The average Bonchev–Trinajstić information content (AvgIpc) is 2.65. The van der Waals surface area contributed by atoms with Crippen LogP contribution < -0.4 is 10.5 Å². The summed E-state index contributed by atoms with van der Waals surface area (Å²) in [6.45, 7) is 5.12. The van der Waals surface area contributed by atoms with Crippen LogP contribution in [0.4, 0.5) is 0 Å². The van der Waals surface area contributed by atoms with Crippen LogP contribution in [0.2, 0.25) is 0 Å². The molecular formula is C12H17N3O3S. The molecule has 104 valence electrons. The Morgan fingerprint density at radius 2 is 1.74 bits per heavy atom. The monoisotopic (exact) mass is 283 g/mol. The molecule has 0 radical (unpaired) electrons. The van der Waals surface area contributed by atoms with Crippen molar-refractivity contribution in [3.05, 3.63) is 47.5 Å². The van der Waals surface area contributed by atoms with Gasteiger partial charge in [0.15, 0.2) is 6.20 Å². The van der Waals surface area contributed by atoms with E-state index in [1.165, 1.54) is 4.68 Å². The van der Waals surface area contributed by atoms with Gasteiger partial charge in [-0.3, -0.25) is 5.84 Å². The van der Waals surface area contributed by atoms with Gasteiger partial charge < -0.3 is 4.55 Å². The molecule has 19 heavy (non-hydrogen) atoms. The Labute approximate surface area is 112 Å². The number of aromatic nitrogens is 2. The molecule has 0 fully saturated rings. The number of hydrogen-bond acceptors (Lipinski definition) is 4. The molecule has 1 aromatic heterocycles. The lowest BCUT2D eigenvalue weighted by molar-refractivity contribution is -0.637. The standard InChI is InChI=1S/C9H12O3S.C3H5N3/c1-6-4-7(2)9(8(3)5-6)13(10,11)12;4-6-2-1-5-3-6/h4-5H,1-3H3,(H,10,11,12);1-3H,4H2. The van der Waals surface area contributed by atoms with Gasteiger partial charge in [-0.05, 0) is 31.9 Å². The van der Waals surface area contributed by atoms with Crippen molar-refractivity contribution < 1.29 is 17.6 Å². The first-order valence-corrected chi connectivity index (χ1v) is 6.95. The van der Waals surface area contributed by atoms with Crippen LogP contribution in [-0.2, 0) is 10.1 Å². The summed E-state index contributed by atoms with van der Waals surface area (Å²) >= 11 is 0. The van der Waals surface area contributed by atoms with Gasteiger partial charge in [-0.25, -0.2) is 13.4 Å². The number of nitrogens with two attached hydrogens (primary N) is 1. The number of nitrogen functional groups attached to an aromatic ring is 1. The fourth-order valence-electron chi connectivity index (χ4n) is 1.86. The molecule has 1 aromatic carbocycles. The number of imidazole rings is 1. The van der Waals surface area contributed by atoms with E-state index in [1.807, 2.05) is 6.92 Å². The SMILES string of the molecule is Cc1cc(C)c(S(=O)(=O)[O-])c(C)c1.N[n+]1cc[nH]c1. The summed E-state index contributed by atoms with van der Waals surface area (Å²) in [5.74, 6) is 5.16. The number of aromatic amines is 1. The molecule has 0 saturated heterocycles. The fourth-order valence-corrected chi connectivity index (χ4v) is 2.77. The van der Waals surface area contributed by atoms with Gasteiger partial charge >= 0.3 is 0 Å². The van der Waals surface area contributed by atoms with Crippen molar-refractivity contribution in [3.8, 4) is 0 Å². The van der Waals surface area contributed by atoms with E-state index in [4.69, 9.17) is 5.84 Å². The van der Waals surface area contributed by atoms with Crippen molar-refractivity contribution in [2.75, 3.05) is 5.84 Å². The van der Waals surface area contributed by atoms with Gasteiger partial charge in [-0.15, -0.1) is 4.68 Å². The summed E-state index contributed by atoms with van der Waals surface area (Å²) in [4.78, 5) is 2.68. The van der Waals surface area contributed by atoms with Gasteiger partial charge in [-0.2, -0.15) is 0 Å². The Balaban J connectivity index is 0.000000250. The Hall–Kier alpha value is -1.86. The van der Waals surface area contributed by atoms with E-state index in [0.29, 0.717) is 11.1 Å². The molecule has 0 unspecified atom stereocenters. The molecule has 0 saturated carbocycles. The van der Waals surface area contributed by atoms with E-state index in [2.05, 4.69) is 4.98 Å². The van der Waals surface area contributed by atoms with Gasteiger partial charge in [0.2, 0.25) is 0 Å². The molecule has 0 aliphatic heterocycles. The third-order valence-electron chi connectivity index (χ3n) is 2.42. The zero-order valence-electron chi connectivity index (χ0n) is 11.0. The lowest BCUT2D eigenvalue weighted by Gasteiger charge is -2.14. The maximum absolute atomic E-state index is 10.8. The minimum atomic E-state index is -4.33. The zero-order valence-corrected chi connectivity index (χ0v) is 11.9. The molecule has 0 aliphatic rings. The van der Waals surface area contributed by atoms with Gasteiger partial charge in [0.1, 0.15) is 16.3 Å². The molecule has 3 N–H and O–H groups in total. The second kappa shape index (κ2) is 5.85. The van der Waals surface area contributed by atoms with Crippen molar-refractivity contribution in [3.63, 3.8) is 0 Å². The first-order valence-electron chi connectivity index (χ1n) is 5.54. The number of hydrogen-bond donors (Lipinski definition) is 2. The Bertz CT molecular complexity index is 626. The average molecular weight is 283 g/mol. The second-order valence-electron chi connectivity index (χ2n) is 4.24. The molecule has 1 heterocycles. The van der Waals surface area contributed by atoms with Crippen molar-refractivity contribution in [2.45, 2.75) is 25.7 Å². The van der Waals surface area contributed by atoms with Gasteiger partial charge in [0.25, 0.3) is 6.33 Å². The molecule has 2 aromatic rings. The molecule has 6 nitrogen and oxygen atoms in total. The van der Waals surface area contributed by atoms with Crippen molar-refractivity contribution in [1.82, 2.24) is 4.98 Å². The first kappa shape index (κ1) is 15.2. The summed E-state index contributed by atoms with van der Waals surface area (Å²) < 4.78 is 33.9. The summed E-state index contributed by atoms with van der Waals surface area (Å²) in [6.07, 6.45) is 5.12. The predicted molar refractivity (Wildman–Crippen MR) is 69.8 cm³/mol. The topological polar surface area (TPSA) is 103 Å². The first-order chi connectivity index (χ1) is 8.71. The van der Waals surface area contributed by atoms with E-state index in [9.17, 15) is 13.0 Å². The van der Waals surface area contributed by atoms with Crippen LogP contribution in [0, 0.1) is 20.8 Å². The van der Waals surface area contributed by atoms with Gasteiger partial charge in [0, 0.05) is 0 Å². The van der Waals surface area contributed by atoms with Crippen LogP contribution in [0.3, 0.4) is 0 Å². The van der Waals surface area contributed by atoms with E-state index in [-0.39, 0.29) is 4.90 Å². The number of nitrogens with one attached hydrogen (secondary N) is 1. The molecule has 0 aliphatic carbocycles. The highest BCUT2D eigenvalue weighted by Crippen LogP contribution is 2.20. The van der Waals surface area contributed by atoms with E-state index in [0.717, 1.165) is 5.56 Å². The maximum Gasteiger partial charge on any atom is 0.264 e. The largest absolute Gasteiger partial charge is 0.744 e. The van der Waals surface area contributed by atoms with Crippen molar-refractivity contribution in [1.29, 1.82) is 0 Å². The number of benzene rings is 1. The van der Waals surface area contributed by atoms with Crippen LogP contribution in [0.15, 0.2) is 35.7 Å². The molecule has 0 amide bonds. The lowest BCUT2D eigenvalue weighted by Crippen LogP contribution is -2.41. The fraction of sp³-hybridized carbons (Fsp3) is 0.250. The summed E-state index contributed by atoms with van der Waals surface area (Å²) in [6, 6.07) is 3.38.